The number of ether oxygens (including phenoxy) is 1. The number of carbonyl (C=O) groups excluding carboxylic acids is 1. The van der Waals surface area contributed by atoms with Gasteiger partial charge in [0.05, 0.1) is 12.5 Å². The number of esters is 1. The van der Waals surface area contributed by atoms with E-state index in [4.69, 9.17) is 4.74 Å². The SMILES string of the molecule is COC(=O)C1(C)CN(c2cccc(Br)c2)C1. The van der Waals surface area contributed by atoms with Crippen molar-refractivity contribution in [2.75, 3.05) is 25.1 Å². The number of rotatable bonds is 2. The molecule has 0 radical (unpaired) electrons. The molecule has 0 aromatic heterocycles. The number of carbonyl (C=O) groups is 1. The molecule has 1 aromatic carbocycles. The van der Waals surface area contributed by atoms with Gasteiger partial charge in [0.2, 0.25) is 0 Å². The maximum absolute atomic E-state index is 11.5. The Labute approximate surface area is 104 Å². The first-order chi connectivity index (χ1) is 7.55. The summed E-state index contributed by atoms with van der Waals surface area (Å²) in [6.45, 7) is 3.37. The third-order valence-corrected chi connectivity index (χ3v) is 3.42. The minimum Gasteiger partial charge on any atom is -0.468 e. The van der Waals surface area contributed by atoms with E-state index in [9.17, 15) is 4.79 Å². The molecule has 1 aliphatic rings. The fourth-order valence-electron chi connectivity index (χ4n) is 2.03. The molecule has 0 unspecified atom stereocenters. The van der Waals surface area contributed by atoms with Crippen molar-refractivity contribution < 1.29 is 9.53 Å². The normalized spacial score (nSPS) is 17.8. The molecule has 0 amide bonds. The second-order valence-corrected chi connectivity index (χ2v) is 5.30. The van der Waals surface area contributed by atoms with Crippen LogP contribution >= 0.6 is 15.9 Å². The molecule has 86 valence electrons. The Kier molecular flexibility index (Phi) is 2.93. The highest BCUT2D eigenvalue weighted by Crippen LogP contribution is 2.35. The Balaban J connectivity index is 2.06. The second kappa shape index (κ2) is 4.09. The Bertz CT molecular complexity index is 413. The maximum Gasteiger partial charge on any atom is 0.315 e. The number of hydrogen-bond acceptors (Lipinski definition) is 3. The summed E-state index contributed by atoms with van der Waals surface area (Å²) in [5.41, 5.74) is 0.785. The van der Waals surface area contributed by atoms with E-state index in [2.05, 4.69) is 26.9 Å². The van der Waals surface area contributed by atoms with Crippen LogP contribution in [0.1, 0.15) is 6.92 Å². The van der Waals surface area contributed by atoms with Crippen LogP contribution in [-0.4, -0.2) is 26.2 Å². The molecule has 1 heterocycles. The van der Waals surface area contributed by atoms with Crippen molar-refractivity contribution in [3.8, 4) is 0 Å². The third-order valence-electron chi connectivity index (χ3n) is 2.93. The van der Waals surface area contributed by atoms with Gasteiger partial charge < -0.3 is 9.64 Å². The number of anilines is 1. The number of halogens is 1. The van der Waals surface area contributed by atoms with Gasteiger partial charge in [0.15, 0.2) is 0 Å². The number of benzene rings is 1. The average molecular weight is 284 g/mol. The minimum atomic E-state index is -0.350. The summed E-state index contributed by atoms with van der Waals surface area (Å²) in [5, 5.41) is 0. The molecular formula is C12H14BrNO2. The van der Waals surface area contributed by atoms with Gasteiger partial charge in [0.1, 0.15) is 0 Å². The summed E-state index contributed by atoms with van der Waals surface area (Å²) in [7, 11) is 1.44. The number of nitrogens with zero attached hydrogens (tertiary/aromatic N) is 1. The Morgan fingerprint density at radius 1 is 1.50 bits per heavy atom. The van der Waals surface area contributed by atoms with Crippen molar-refractivity contribution in [3.05, 3.63) is 28.7 Å². The van der Waals surface area contributed by atoms with Crippen LogP contribution in [0.3, 0.4) is 0 Å². The Morgan fingerprint density at radius 2 is 2.19 bits per heavy atom. The molecule has 0 atom stereocenters. The van der Waals surface area contributed by atoms with Crippen LogP contribution in [0.2, 0.25) is 0 Å². The first-order valence-electron chi connectivity index (χ1n) is 5.14. The highest BCUT2D eigenvalue weighted by Gasteiger charge is 2.46. The van der Waals surface area contributed by atoms with Crippen molar-refractivity contribution in [1.29, 1.82) is 0 Å². The van der Waals surface area contributed by atoms with Gasteiger partial charge in [-0.1, -0.05) is 22.0 Å². The summed E-state index contributed by atoms with van der Waals surface area (Å²) in [5.74, 6) is -0.126. The molecule has 16 heavy (non-hydrogen) atoms. The van der Waals surface area contributed by atoms with Crippen molar-refractivity contribution in [3.63, 3.8) is 0 Å². The zero-order valence-corrected chi connectivity index (χ0v) is 11.0. The topological polar surface area (TPSA) is 29.5 Å². The quantitative estimate of drug-likeness (QED) is 0.781. The summed E-state index contributed by atoms with van der Waals surface area (Å²) >= 11 is 3.44. The minimum absolute atomic E-state index is 0.126. The molecule has 1 aliphatic heterocycles. The fourth-order valence-corrected chi connectivity index (χ4v) is 2.41. The predicted octanol–water partition coefficient (Wildman–Crippen LogP) is 2.45. The molecule has 0 N–H and O–H groups in total. The van der Waals surface area contributed by atoms with E-state index >= 15 is 0 Å². The van der Waals surface area contributed by atoms with Crippen molar-refractivity contribution in [2.24, 2.45) is 5.41 Å². The third kappa shape index (κ3) is 1.94. The van der Waals surface area contributed by atoms with E-state index in [0.717, 1.165) is 23.2 Å². The zero-order valence-electron chi connectivity index (χ0n) is 9.37. The summed E-state index contributed by atoms with van der Waals surface area (Å²) in [4.78, 5) is 13.7. The highest BCUT2D eigenvalue weighted by atomic mass is 79.9. The number of hydrogen-bond donors (Lipinski definition) is 0. The van der Waals surface area contributed by atoms with Crippen LogP contribution in [0.4, 0.5) is 5.69 Å². The maximum atomic E-state index is 11.5. The van der Waals surface area contributed by atoms with Crippen LogP contribution in [0.25, 0.3) is 0 Å². The molecule has 2 rings (SSSR count). The van der Waals surface area contributed by atoms with Gasteiger partial charge in [-0.05, 0) is 25.1 Å². The van der Waals surface area contributed by atoms with Crippen LogP contribution in [-0.2, 0) is 9.53 Å². The lowest BCUT2D eigenvalue weighted by molar-refractivity contribution is -0.153. The zero-order chi connectivity index (χ0) is 11.8. The molecule has 4 heteroatoms. The fraction of sp³-hybridized carbons (Fsp3) is 0.417. The molecule has 0 saturated carbocycles. The molecule has 1 aromatic rings. The summed E-state index contributed by atoms with van der Waals surface area (Å²) < 4.78 is 5.84. The van der Waals surface area contributed by atoms with Crippen molar-refractivity contribution >= 4 is 27.6 Å². The van der Waals surface area contributed by atoms with Gasteiger partial charge >= 0.3 is 5.97 Å². The second-order valence-electron chi connectivity index (χ2n) is 4.39. The van der Waals surface area contributed by atoms with E-state index in [1.807, 2.05) is 25.1 Å². The van der Waals surface area contributed by atoms with Gasteiger partial charge in [-0.15, -0.1) is 0 Å². The lowest BCUT2D eigenvalue weighted by Crippen LogP contribution is -2.59. The first-order valence-corrected chi connectivity index (χ1v) is 5.93. The van der Waals surface area contributed by atoms with Crippen molar-refractivity contribution in [2.45, 2.75) is 6.92 Å². The monoisotopic (exact) mass is 283 g/mol. The van der Waals surface area contributed by atoms with Gasteiger partial charge in [0.25, 0.3) is 0 Å². The summed E-state index contributed by atoms with van der Waals surface area (Å²) in [6.07, 6.45) is 0. The molecule has 0 aliphatic carbocycles. The molecule has 3 nitrogen and oxygen atoms in total. The van der Waals surface area contributed by atoms with E-state index in [-0.39, 0.29) is 11.4 Å². The van der Waals surface area contributed by atoms with Gasteiger partial charge in [0, 0.05) is 23.2 Å². The van der Waals surface area contributed by atoms with Crippen LogP contribution < -0.4 is 4.90 Å². The van der Waals surface area contributed by atoms with Crippen LogP contribution in [0.15, 0.2) is 28.7 Å². The van der Waals surface area contributed by atoms with Crippen LogP contribution in [0.5, 0.6) is 0 Å². The standard InChI is InChI=1S/C12H14BrNO2/c1-12(11(15)16-2)7-14(8-12)10-5-3-4-9(13)6-10/h3-6H,7-8H2,1-2H3. The molecule has 0 bridgehead atoms. The van der Waals surface area contributed by atoms with Crippen molar-refractivity contribution in [1.82, 2.24) is 0 Å². The number of methoxy groups -OCH3 is 1. The smallest absolute Gasteiger partial charge is 0.315 e. The average Bonchev–Trinajstić information content (AvgIpc) is 2.23. The predicted molar refractivity (Wildman–Crippen MR) is 66.5 cm³/mol. The molecule has 0 spiro atoms. The molecule has 1 fully saturated rings. The Hall–Kier alpha value is -1.03. The van der Waals surface area contributed by atoms with Gasteiger partial charge in [-0.3, -0.25) is 4.79 Å². The Morgan fingerprint density at radius 3 is 2.75 bits per heavy atom. The van der Waals surface area contributed by atoms with E-state index < -0.39 is 0 Å². The van der Waals surface area contributed by atoms with E-state index in [1.165, 1.54) is 7.11 Å². The largest absolute Gasteiger partial charge is 0.468 e. The summed E-state index contributed by atoms with van der Waals surface area (Å²) in [6, 6.07) is 8.08. The lowest BCUT2D eigenvalue weighted by atomic mass is 9.81. The van der Waals surface area contributed by atoms with Gasteiger partial charge in [-0.2, -0.15) is 0 Å². The lowest BCUT2D eigenvalue weighted by Gasteiger charge is -2.47. The highest BCUT2D eigenvalue weighted by molar-refractivity contribution is 9.10. The molecular weight excluding hydrogens is 270 g/mol. The van der Waals surface area contributed by atoms with Crippen LogP contribution in [0, 0.1) is 5.41 Å². The molecule has 1 saturated heterocycles. The van der Waals surface area contributed by atoms with E-state index in [0.29, 0.717) is 0 Å². The van der Waals surface area contributed by atoms with Gasteiger partial charge in [-0.25, -0.2) is 0 Å². The van der Waals surface area contributed by atoms with E-state index in [1.54, 1.807) is 0 Å². The first kappa shape index (κ1) is 11.5.